The highest BCUT2D eigenvalue weighted by Crippen LogP contribution is 2.27. The number of para-hydroxylation sites is 1. The van der Waals surface area contributed by atoms with E-state index < -0.39 is 11.9 Å². The summed E-state index contributed by atoms with van der Waals surface area (Å²) < 4.78 is 0. The predicted octanol–water partition coefficient (Wildman–Crippen LogP) is 3.25. The van der Waals surface area contributed by atoms with E-state index in [1.165, 1.54) is 4.90 Å². The summed E-state index contributed by atoms with van der Waals surface area (Å²) >= 11 is 6.35. The molecule has 0 spiro atoms. The highest BCUT2D eigenvalue weighted by atomic mass is 35.5. The monoisotopic (exact) mass is 369 g/mol. The van der Waals surface area contributed by atoms with E-state index in [-0.39, 0.29) is 11.6 Å². The van der Waals surface area contributed by atoms with Crippen LogP contribution in [0.15, 0.2) is 54.6 Å². The van der Waals surface area contributed by atoms with Gasteiger partial charge in [-0.25, -0.2) is 0 Å². The van der Waals surface area contributed by atoms with Crippen molar-refractivity contribution in [1.29, 1.82) is 0 Å². The SMILES string of the molecule is CN(C)C(=O)[C@@H](Cc1ccccc1)NC(=O)c1[nH]c2ccccc2c1Cl. The van der Waals surface area contributed by atoms with E-state index >= 15 is 0 Å². The van der Waals surface area contributed by atoms with Gasteiger partial charge in [0.25, 0.3) is 5.91 Å². The third-order valence-corrected chi connectivity index (χ3v) is 4.59. The first-order chi connectivity index (χ1) is 12.5. The summed E-state index contributed by atoms with van der Waals surface area (Å²) in [7, 11) is 3.34. The van der Waals surface area contributed by atoms with E-state index in [9.17, 15) is 9.59 Å². The van der Waals surface area contributed by atoms with Gasteiger partial charge in [-0.2, -0.15) is 0 Å². The van der Waals surface area contributed by atoms with Crippen LogP contribution < -0.4 is 5.32 Å². The zero-order valence-electron chi connectivity index (χ0n) is 14.6. The number of likely N-dealkylation sites (N-methyl/N-ethyl adjacent to an activating group) is 1. The van der Waals surface area contributed by atoms with Crippen LogP contribution in [0.1, 0.15) is 16.1 Å². The number of nitrogens with zero attached hydrogens (tertiary/aromatic N) is 1. The first-order valence-corrected chi connectivity index (χ1v) is 8.67. The fourth-order valence-corrected chi connectivity index (χ4v) is 3.15. The molecular weight excluding hydrogens is 350 g/mol. The van der Waals surface area contributed by atoms with E-state index in [2.05, 4.69) is 10.3 Å². The van der Waals surface area contributed by atoms with Crippen LogP contribution in [0.5, 0.6) is 0 Å². The quantitative estimate of drug-likeness (QED) is 0.725. The molecule has 0 aliphatic carbocycles. The Hall–Kier alpha value is -2.79. The Labute approximate surface area is 157 Å². The molecule has 2 N–H and O–H groups in total. The lowest BCUT2D eigenvalue weighted by molar-refractivity contribution is -0.130. The molecule has 3 aromatic rings. The minimum absolute atomic E-state index is 0.172. The molecule has 2 amide bonds. The molecule has 134 valence electrons. The van der Waals surface area contributed by atoms with Crippen molar-refractivity contribution in [2.75, 3.05) is 14.1 Å². The van der Waals surface area contributed by atoms with E-state index in [1.54, 1.807) is 14.1 Å². The molecule has 6 heteroatoms. The molecule has 0 radical (unpaired) electrons. The first-order valence-electron chi connectivity index (χ1n) is 8.29. The maximum atomic E-state index is 12.8. The van der Waals surface area contributed by atoms with Crippen LogP contribution in [0.25, 0.3) is 10.9 Å². The van der Waals surface area contributed by atoms with E-state index in [1.807, 2.05) is 54.6 Å². The fourth-order valence-electron chi connectivity index (χ4n) is 2.86. The van der Waals surface area contributed by atoms with Gasteiger partial charge in [0.2, 0.25) is 5.91 Å². The largest absolute Gasteiger partial charge is 0.349 e. The average Bonchev–Trinajstić information content (AvgIpc) is 2.98. The first kappa shape index (κ1) is 18.0. The van der Waals surface area contributed by atoms with Crippen molar-refractivity contribution in [3.05, 3.63) is 70.9 Å². The van der Waals surface area contributed by atoms with Crippen molar-refractivity contribution in [2.24, 2.45) is 0 Å². The van der Waals surface area contributed by atoms with Gasteiger partial charge >= 0.3 is 0 Å². The number of benzene rings is 2. The standard InChI is InChI=1S/C20H20ClN3O2/c1-24(2)20(26)16(12-13-8-4-3-5-9-13)23-19(25)18-17(21)14-10-6-7-11-15(14)22-18/h3-11,16,22H,12H2,1-2H3,(H,23,25)/t16-/m1/s1. The van der Waals surface area contributed by atoms with E-state index in [4.69, 9.17) is 11.6 Å². The van der Waals surface area contributed by atoms with Crippen LogP contribution in [-0.4, -0.2) is 41.8 Å². The summed E-state index contributed by atoms with van der Waals surface area (Å²) in [6, 6.07) is 16.3. The smallest absolute Gasteiger partial charge is 0.269 e. The van der Waals surface area contributed by atoms with Gasteiger partial charge in [0.1, 0.15) is 11.7 Å². The third kappa shape index (κ3) is 3.73. The summed E-state index contributed by atoms with van der Waals surface area (Å²) in [6.45, 7) is 0. The Morgan fingerprint density at radius 1 is 1.08 bits per heavy atom. The van der Waals surface area contributed by atoms with Gasteiger partial charge in [-0.05, 0) is 11.6 Å². The van der Waals surface area contributed by atoms with Gasteiger partial charge in [-0.3, -0.25) is 9.59 Å². The van der Waals surface area contributed by atoms with Gasteiger partial charge < -0.3 is 15.2 Å². The predicted molar refractivity (Wildman–Crippen MR) is 103 cm³/mol. The van der Waals surface area contributed by atoms with Crippen LogP contribution in [0.2, 0.25) is 5.02 Å². The number of aromatic amines is 1. The molecule has 2 aromatic carbocycles. The molecule has 0 aliphatic heterocycles. The van der Waals surface area contributed by atoms with Crippen molar-refractivity contribution in [3.8, 4) is 0 Å². The highest BCUT2D eigenvalue weighted by molar-refractivity contribution is 6.38. The second-order valence-electron chi connectivity index (χ2n) is 6.31. The molecule has 1 atom stereocenters. The minimum atomic E-state index is -0.678. The Morgan fingerprint density at radius 3 is 2.38 bits per heavy atom. The summed E-state index contributed by atoms with van der Waals surface area (Å²) in [5.41, 5.74) is 2.01. The number of carbonyl (C=O) groups excluding carboxylic acids is 2. The molecular formula is C20H20ClN3O2. The van der Waals surface area contributed by atoms with Gasteiger partial charge in [-0.1, -0.05) is 60.1 Å². The molecule has 0 aliphatic rings. The number of rotatable bonds is 5. The van der Waals surface area contributed by atoms with E-state index in [0.29, 0.717) is 11.4 Å². The number of amides is 2. The lowest BCUT2D eigenvalue weighted by Gasteiger charge is -2.21. The normalized spacial score (nSPS) is 12.0. The Bertz CT molecular complexity index is 935. The average molecular weight is 370 g/mol. The maximum Gasteiger partial charge on any atom is 0.269 e. The van der Waals surface area contributed by atoms with Gasteiger partial charge in [-0.15, -0.1) is 0 Å². The maximum absolute atomic E-state index is 12.8. The van der Waals surface area contributed by atoms with Crippen LogP contribution >= 0.6 is 11.6 Å². The van der Waals surface area contributed by atoms with Crippen molar-refractivity contribution >= 4 is 34.3 Å². The van der Waals surface area contributed by atoms with Gasteiger partial charge in [0.15, 0.2) is 0 Å². The lowest BCUT2D eigenvalue weighted by Crippen LogP contribution is -2.47. The number of aromatic nitrogens is 1. The number of H-pyrrole nitrogens is 1. The number of nitrogens with one attached hydrogen (secondary N) is 2. The lowest BCUT2D eigenvalue weighted by atomic mass is 10.0. The van der Waals surface area contributed by atoms with E-state index in [0.717, 1.165) is 16.5 Å². The van der Waals surface area contributed by atoms with Crippen molar-refractivity contribution in [3.63, 3.8) is 0 Å². The van der Waals surface area contributed by atoms with Gasteiger partial charge in [0, 0.05) is 31.4 Å². The van der Waals surface area contributed by atoms with Crippen LogP contribution in [0, 0.1) is 0 Å². The number of fused-ring (bicyclic) bond motifs is 1. The van der Waals surface area contributed by atoms with Crippen LogP contribution in [0.4, 0.5) is 0 Å². The summed E-state index contributed by atoms with van der Waals surface area (Å²) in [5, 5.41) is 3.95. The number of hydrogen-bond acceptors (Lipinski definition) is 2. The van der Waals surface area contributed by atoms with Gasteiger partial charge in [0.05, 0.1) is 5.02 Å². The molecule has 3 rings (SSSR count). The number of carbonyl (C=O) groups is 2. The van der Waals surface area contributed by atoms with Crippen LogP contribution in [0.3, 0.4) is 0 Å². The Kier molecular flexibility index (Phi) is 5.28. The zero-order chi connectivity index (χ0) is 18.7. The van der Waals surface area contributed by atoms with Crippen LogP contribution in [-0.2, 0) is 11.2 Å². The Balaban J connectivity index is 1.86. The summed E-state index contributed by atoms with van der Waals surface area (Å²) in [6.07, 6.45) is 0.404. The number of halogens is 1. The topological polar surface area (TPSA) is 65.2 Å². The molecule has 0 saturated carbocycles. The highest BCUT2D eigenvalue weighted by Gasteiger charge is 2.25. The van der Waals surface area contributed by atoms with Crippen molar-refractivity contribution in [1.82, 2.24) is 15.2 Å². The number of hydrogen-bond donors (Lipinski definition) is 2. The molecule has 5 nitrogen and oxygen atoms in total. The molecule has 26 heavy (non-hydrogen) atoms. The molecule has 0 unspecified atom stereocenters. The minimum Gasteiger partial charge on any atom is -0.349 e. The second-order valence-corrected chi connectivity index (χ2v) is 6.69. The molecule has 1 heterocycles. The molecule has 0 bridgehead atoms. The molecule has 1 aromatic heterocycles. The third-order valence-electron chi connectivity index (χ3n) is 4.20. The van der Waals surface area contributed by atoms with Crippen molar-refractivity contribution in [2.45, 2.75) is 12.5 Å². The van der Waals surface area contributed by atoms with Crippen molar-refractivity contribution < 1.29 is 9.59 Å². The fraction of sp³-hybridized carbons (Fsp3) is 0.200. The summed E-state index contributed by atoms with van der Waals surface area (Å²) in [5.74, 6) is -0.572. The molecule has 0 saturated heterocycles. The second kappa shape index (κ2) is 7.62. The summed E-state index contributed by atoms with van der Waals surface area (Å²) in [4.78, 5) is 29.8. The zero-order valence-corrected chi connectivity index (χ0v) is 15.4. The molecule has 0 fully saturated rings. The Morgan fingerprint density at radius 2 is 1.73 bits per heavy atom.